The van der Waals surface area contributed by atoms with Crippen molar-refractivity contribution in [2.24, 2.45) is 5.92 Å². The average Bonchev–Trinajstić information content (AvgIpc) is 2.26. The molecule has 5 nitrogen and oxygen atoms in total. The molecule has 1 unspecified atom stereocenters. The maximum absolute atomic E-state index is 9.56. The first-order valence-electron chi connectivity index (χ1n) is 4.79. The average molecular weight is 206 g/mol. The van der Waals surface area contributed by atoms with E-state index in [9.17, 15) is 5.11 Å². The van der Waals surface area contributed by atoms with Crippen LogP contribution < -0.4 is 5.32 Å². The summed E-state index contributed by atoms with van der Waals surface area (Å²) in [6.45, 7) is 4.22. The van der Waals surface area contributed by atoms with Crippen molar-refractivity contribution in [3.8, 4) is 6.07 Å². The van der Waals surface area contributed by atoms with Gasteiger partial charge in [-0.1, -0.05) is 13.8 Å². The van der Waals surface area contributed by atoms with Crippen molar-refractivity contribution >= 4 is 5.82 Å². The third-order valence-corrected chi connectivity index (χ3v) is 2.09. The van der Waals surface area contributed by atoms with Crippen LogP contribution in [0.4, 0.5) is 5.82 Å². The fourth-order valence-electron chi connectivity index (χ4n) is 0.989. The Labute approximate surface area is 88.8 Å². The van der Waals surface area contributed by atoms with Gasteiger partial charge in [-0.25, -0.2) is 0 Å². The predicted octanol–water partition coefficient (Wildman–Crippen LogP) is 0.777. The number of rotatable bonds is 4. The molecule has 0 saturated carbocycles. The van der Waals surface area contributed by atoms with E-state index in [1.165, 1.54) is 6.20 Å². The summed E-state index contributed by atoms with van der Waals surface area (Å²) in [5.41, 5.74) is 0.431. The smallest absolute Gasteiger partial charge is 0.166 e. The Hall–Kier alpha value is -1.67. The van der Waals surface area contributed by atoms with Crippen molar-refractivity contribution in [1.82, 2.24) is 10.2 Å². The molecule has 0 amide bonds. The van der Waals surface area contributed by atoms with E-state index in [4.69, 9.17) is 5.26 Å². The summed E-state index contributed by atoms with van der Waals surface area (Å²) in [5, 5.41) is 28.7. The van der Waals surface area contributed by atoms with Crippen LogP contribution in [-0.4, -0.2) is 28.0 Å². The number of hydrogen-bond acceptors (Lipinski definition) is 5. The molecular weight excluding hydrogens is 192 g/mol. The van der Waals surface area contributed by atoms with Crippen LogP contribution >= 0.6 is 0 Å². The van der Waals surface area contributed by atoms with E-state index in [0.717, 1.165) is 0 Å². The van der Waals surface area contributed by atoms with E-state index < -0.39 is 6.10 Å². The Kier molecular flexibility index (Phi) is 4.01. The lowest BCUT2D eigenvalue weighted by Gasteiger charge is -2.15. The number of aromatic nitrogens is 2. The molecule has 0 aliphatic heterocycles. The van der Waals surface area contributed by atoms with Crippen molar-refractivity contribution in [1.29, 1.82) is 5.26 Å². The van der Waals surface area contributed by atoms with Crippen LogP contribution in [0.25, 0.3) is 0 Å². The van der Waals surface area contributed by atoms with Crippen LogP contribution in [0.2, 0.25) is 0 Å². The molecule has 1 aromatic heterocycles. The third-order valence-electron chi connectivity index (χ3n) is 2.09. The maximum atomic E-state index is 9.56. The molecule has 0 aromatic carbocycles. The lowest BCUT2D eigenvalue weighted by Crippen LogP contribution is -2.25. The van der Waals surface area contributed by atoms with Crippen LogP contribution in [0, 0.1) is 17.2 Å². The summed E-state index contributed by atoms with van der Waals surface area (Å²) in [5.74, 6) is 0.583. The first-order valence-corrected chi connectivity index (χ1v) is 4.79. The molecule has 1 heterocycles. The van der Waals surface area contributed by atoms with E-state index >= 15 is 0 Å². The Bertz CT molecular complexity index is 359. The topological polar surface area (TPSA) is 81.8 Å². The highest BCUT2D eigenvalue weighted by Crippen LogP contribution is 2.09. The quantitative estimate of drug-likeness (QED) is 0.760. The lowest BCUT2D eigenvalue weighted by molar-refractivity contribution is 0.138. The Morgan fingerprint density at radius 1 is 1.60 bits per heavy atom. The largest absolute Gasteiger partial charge is 0.391 e. The summed E-state index contributed by atoms with van der Waals surface area (Å²) in [6, 6.07) is 3.58. The molecule has 15 heavy (non-hydrogen) atoms. The normalized spacial score (nSPS) is 12.2. The van der Waals surface area contributed by atoms with E-state index in [1.807, 2.05) is 19.9 Å². The first kappa shape index (κ1) is 11.4. The zero-order chi connectivity index (χ0) is 11.3. The molecule has 0 aliphatic carbocycles. The monoisotopic (exact) mass is 206 g/mol. The van der Waals surface area contributed by atoms with Gasteiger partial charge < -0.3 is 10.4 Å². The number of nitriles is 1. The molecule has 0 saturated heterocycles. The Morgan fingerprint density at radius 2 is 2.33 bits per heavy atom. The van der Waals surface area contributed by atoms with E-state index in [0.29, 0.717) is 17.9 Å². The highest BCUT2D eigenvalue weighted by atomic mass is 16.3. The second-order valence-electron chi connectivity index (χ2n) is 3.60. The molecule has 80 valence electrons. The van der Waals surface area contributed by atoms with Crippen LogP contribution in [-0.2, 0) is 0 Å². The fourth-order valence-corrected chi connectivity index (χ4v) is 0.989. The van der Waals surface area contributed by atoms with Crippen LogP contribution in [0.15, 0.2) is 12.3 Å². The summed E-state index contributed by atoms with van der Waals surface area (Å²) < 4.78 is 0. The summed E-state index contributed by atoms with van der Waals surface area (Å²) in [7, 11) is 0. The zero-order valence-corrected chi connectivity index (χ0v) is 8.81. The number of nitrogens with zero attached hydrogens (tertiary/aromatic N) is 3. The Morgan fingerprint density at radius 3 is 2.93 bits per heavy atom. The molecule has 1 rings (SSSR count). The number of aliphatic hydroxyl groups is 1. The van der Waals surface area contributed by atoms with Gasteiger partial charge in [0.1, 0.15) is 6.07 Å². The molecule has 1 atom stereocenters. The molecule has 0 aliphatic rings. The van der Waals surface area contributed by atoms with Gasteiger partial charge in [-0.05, 0) is 12.0 Å². The van der Waals surface area contributed by atoms with Crippen LogP contribution in [0.3, 0.4) is 0 Å². The molecule has 1 aromatic rings. The van der Waals surface area contributed by atoms with Gasteiger partial charge in [0.05, 0.1) is 17.9 Å². The molecule has 0 fully saturated rings. The second kappa shape index (κ2) is 5.27. The molecule has 0 spiro atoms. The standard InChI is InChI=1S/C10H14N4O/c1-7(2)9(15)6-12-10-8(5-11)3-4-13-14-10/h3-4,7,9,15H,6H2,1-2H3,(H,12,14). The van der Waals surface area contributed by atoms with Crippen molar-refractivity contribution in [3.05, 3.63) is 17.8 Å². The van der Waals surface area contributed by atoms with Crippen molar-refractivity contribution in [2.45, 2.75) is 20.0 Å². The summed E-state index contributed by atoms with van der Waals surface area (Å²) in [6.07, 6.45) is 1.00. The Balaban J connectivity index is 2.62. The van der Waals surface area contributed by atoms with Gasteiger partial charge in [0.25, 0.3) is 0 Å². The van der Waals surface area contributed by atoms with E-state index in [2.05, 4.69) is 15.5 Å². The highest BCUT2D eigenvalue weighted by Gasteiger charge is 2.10. The minimum absolute atomic E-state index is 0.166. The van der Waals surface area contributed by atoms with Gasteiger partial charge in [0, 0.05) is 6.54 Å². The molecule has 0 radical (unpaired) electrons. The minimum atomic E-state index is -0.460. The van der Waals surface area contributed by atoms with Gasteiger partial charge in [0.15, 0.2) is 5.82 Å². The van der Waals surface area contributed by atoms with Crippen molar-refractivity contribution in [3.63, 3.8) is 0 Å². The van der Waals surface area contributed by atoms with Crippen LogP contribution in [0.5, 0.6) is 0 Å². The minimum Gasteiger partial charge on any atom is -0.391 e. The maximum Gasteiger partial charge on any atom is 0.166 e. The van der Waals surface area contributed by atoms with Gasteiger partial charge in [0.2, 0.25) is 0 Å². The first-order chi connectivity index (χ1) is 7.15. The number of nitrogens with one attached hydrogen (secondary N) is 1. The zero-order valence-electron chi connectivity index (χ0n) is 8.81. The van der Waals surface area contributed by atoms with E-state index in [-0.39, 0.29) is 5.92 Å². The van der Waals surface area contributed by atoms with Crippen molar-refractivity contribution < 1.29 is 5.11 Å². The highest BCUT2D eigenvalue weighted by molar-refractivity contribution is 5.50. The van der Waals surface area contributed by atoms with Crippen molar-refractivity contribution in [2.75, 3.05) is 11.9 Å². The number of aliphatic hydroxyl groups excluding tert-OH is 1. The summed E-state index contributed by atoms with van der Waals surface area (Å²) in [4.78, 5) is 0. The molecule has 2 N–H and O–H groups in total. The number of anilines is 1. The third kappa shape index (κ3) is 3.18. The van der Waals surface area contributed by atoms with Gasteiger partial charge in [-0.2, -0.15) is 10.4 Å². The van der Waals surface area contributed by atoms with Crippen LogP contribution in [0.1, 0.15) is 19.4 Å². The lowest BCUT2D eigenvalue weighted by atomic mass is 10.1. The summed E-state index contributed by atoms with van der Waals surface area (Å²) >= 11 is 0. The van der Waals surface area contributed by atoms with E-state index in [1.54, 1.807) is 6.07 Å². The molecular formula is C10H14N4O. The molecule has 0 bridgehead atoms. The molecule has 5 heteroatoms. The van der Waals surface area contributed by atoms with Gasteiger partial charge >= 0.3 is 0 Å². The van der Waals surface area contributed by atoms with Gasteiger partial charge in [-0.15, -0.1) is 5.10 Å². The fraction of sp³-hybridized carbons (Fsp3) is 0.500. The van der Waals surface area contributed by atoms with Gasteiger partial charge in [-0.3, -0.25) is 0 Å². The number of hydrogen-bond donors (Lipinski definition) is 2. The SMILES string of the molecule is CC(C)C(O)CNc1nnccc1C#N. The predicted molar refractivity (Wildman–Crippen MR) is 56.1 cm³/mol. The second-order valence-corrected chi connectivity index (χ2v) is 3.60.